The lowest BCUT2D eigenvalue weighted by atomic mass is 9.94. The molecule has 14 heteroatoms. The molecular formula is C64H69N12O2+. The summed E-state index contributed by atoms with van der Waals surface area (Å²) in [5.74, 6) is 0.523. The molecule has 1 unspecified atom stereocenters. The summed E-state index contributed by atoms with van der Waals surface area (Å²) in [7, 11) is 0. The predicted molar refractivity (Wildman–Crippen MR) is 317 cm³/mol. The summed E-state index contributed by atoms with van der Waals surface area (Å²) in [5, 5.41) is 13.5. The van der Waals surface area contributed by atoms with E-state index in [0.29, 0.717) is 47.1 Å². The van der Waals surface area contributed by atoms with Crippen LogP contribution >= 0.6 is 0 Å². The van der Waals surface area contributed by atoms with Gasteiger partial charge in [-0.05, 0) is 136 Å². The quantitative estimate of drug-likeness (QED) is 0.0229. The molecule has 3 aromatic heterocycles. The van der Waals surface area contributed by atoms with Crippen LogP contribution in [0.25, 0.3) is 39.0 Å². The molecule has 4 heterocycles. The number of allylic oxidation sites excluding steroid dienone is 1. The standard InChI is InChI=1S/C64H68N12O2/c1-41-35-55-57(75(49-19-11-9-12-20-49)59-37-51(65)43(3)71-61(59)73-55)39-53(41)67-31-15-5-7-17-33-69-63(77)47-27-23-45(24-28-47)46-25-29-48(30-26-46)64(78)70-34-18-8-6-16-32-68-54-40-58-56(36-42(54)2)74-62-60(38-52(66)44(4)72-62)76(58)50-21-13-10-14-22-50/h9-14,19-30,35-40,57,67H,5-8,15-18,31-34,65H2,1-4H3,(H4,66,68,69,70,77,78)/p+1. The number of hydrogen-bond acceptors (Lipinski definition) is 11. The second kappa shape index (κ2) is 24.0. The van der Waals surface area contributed by atoms with Gasteiger partial charge in [-0.1, -0.05) is 86.3 Å². The minimum absolute atomic E-state index is 0.0786. The summed E-state index contributed by atoms with van der Waals surface area (Å²) < 4.78 is 2.19. The summed E-state index contributed by atoms with van der Waals surface area (Å²) in [6, 6.07) is 44.0. The number of fused-ring (bicyclic) bond motifs is 4. The summed E-state index contributed by atoms with van der Waals surface area (Å²) in [5.41, 5.74) is 30.4. The Labute approximate surface area is 456 Å². The zero-order chi connectivity index (χ0) is 54.1. The molecule has 1 atom stereocenters. The SMILES string of the molecule is CC1=CC2=Nc3nc(C)c(N)cc3N(c3ccccc3)C2C=C1NCCCCCCNC(=O)c1ccc(-c2ccc(C(=O)NCCCCCCNc3cc4c(cc3C)nc3nc(C)c(N)cc3[n+]4-c3ccccc3)cc2)cc1. The first-order valence-corrected chi connectivity index (χ1v) is 27.3. The first-order chi connectivity index (χ1) is 38.0. The highest BCUT2D eigenvalue weighted by atomic mass is 16.2. The molecule has 0 radical (unpaired) electrons. The van der Waals surface area contributed by atoms with Crippen LogP contribution in [-0.2, 0) is 0 Å². The van der Waals surface area contributed by atoms with Crippen molar-refractivity contribution in [2.75, 3.05) is 47.9 Å². The molecule has 10 rings (SSSR count). The van der Waals surface area contributed by atoms with Gasteiger partial charge in [0.15, 0.2) is 5.82 Å². The fourth-order valence-electron chi connectivity index (χ4n) is 10.3. The van der Waals surface area contributed by atoms with E-state index in [-0.39, 0.29) is 17.9 Å². The van der Waals surface area contributed by atoms with E-state index in [1.807, 2.05) is 111 Å². The number of amides is 2. The largest absolute Gasteiger partial charge is 0.397 e. The third kappa shape index (κ3) is 11.9. The number of para-hydroxylation sites is 2. The number of nitrogens with zero attached hydrogens (tertiary/aromatic N) is 6. The average molecular weight is 1040 g/mol. The molecule has 0 fully saturated rings. The maximum Gasteiger partial charge on any atom is 0.258 e. The molecular weight excluding hydrogens is 969 g/mol. The lowest BCUT2D eigenvalue weighted by molar-refractivity contribution is -0.538. The van der Waals surface area contributed by atoms with Crippen molar-refractivity contribution < 1.29 is 14.2 Å². The number of aryl methyl sites for hydroxylation is 3. The first-order valence-electron chi connectivity index (χ1n) is 27.3. The van der Waals surface area contributed by atoms with Crippen LogP contribution in [0.15, 0.2) is 162 Å². The number of carbonyl (C=O) groups excluding carboxylic acids is 2. The molecule has 8 N–H and O–H groups in total. The minimum atomic E-state index is -0.0925. The summed E-state index contributed by atoms with van der Waals surface area (Å²) in [6.45, 7) is 11.0. The summed E-state index contributed by atoms with van der Waals surface area (Å²) >= 11 is 0. The van der Waals surface area contributed by atoms with Crippen molar-refractivity contribution in [1.82, 2.24) is 30.9 Å². The van der Waals surface area contributed by atoms with Gasteiger partial charge in [-0.2, -0.15) is 0 Å². The molecule has 0 spiro atoms. The number of rotatable bonds is 21. The monoisotopic (exact) mass is 1040 g/mol. The number of carbonyl (C=O) groups is 2. The number of nitrogen functional groups attached to an aromatic ring is 2. The molecule has 0 saturated carbocycles. The topological polar surface area (TPSA) is 192 Å². The molecule has 14 nitrogen and oxygen atoms in total. The number of nitrogens with one attached hydrogen (secondary N) is 4. The molecule has 1 aliphatic carbocycles. The second-order valence-electron chi connectivity index (χ2n) is 20.4. The molecule has 8 aromatic rings. The number of anilines is 5. The molecule has 0 saturated heterocycles. The normalized spacial score (nSPS) is 13.8. The smallest absolute Gasteiger partial charge is 0.258 e. The molecule has 5 aromatic carbocycles. The number of aromatic nitrogens is 4. The number of pyridine rings is 2. The highest BCUT2D eigenvalue weighted by Gasteiger charge is 2.33. The fraction of sp³-hybridized carbons (Fsp3) is 0.266. The Morgan fingerprint density at radius 1 is 0.590 bits per heavy atom. The number of unbranched alkanes of at least 4 members (excludes halogenated alkanes) is 6. The van der Waals surface area contributed by atoms with Gasteiger partial charge >= 0.3 is 0 Å². The Morgan fingerprint density at radius 3 is 1.78 bits per heavy atom. The number of benzene rings is 5. The van der Waals surface area contributed by atoms with Crippen LogP contribution in [0.4, 0.5) is 34.3 Å². The number of nitrogens with two attached hydrogens (primary N) is 2. The van der Waals surface area contributed by atoms with Crippen LogP contribution in [0.5, 0.6) is 0 Å². The third-order valence-electron chi connectivity index (χ3n) is 14.7. The molecule has 2 aliphatic rings. The van der Waals surface area contributed by atoms with E-state index in [9.17, 15) is 9.59 Å². The highest BCUT2D eigenvalue weighted by Crippen LogP contribution is 2.42. The summed E-state index contributed by atoms with van der Waals surface area (Å²) in [4.78, 5) is 47.7. The average Bonchev–Trinajstić information content (AvgIpc) is 3.60. The zero-order valence-electron chi connectivity index (χ0n) is 45.1. The Bertz CT molecular complexity index is 3580. The van der Waals surface area contributed by atoms with E-state index < -0.39 is 0 Å². The zero-order valence-corrected chi connectivity index (χ0v) is 45.1. The predicted octanol–water partition coefficient (Wildman–Crippen LogP) is 11.6. The van der Waals surface area contributed by atoms with Crippen molar-refractivity contribution in [1.29, 1.82) is 0 Å². The lowest BCUT2D eigenvalue weighted by Gasteiger charge is -2.38. The molecule has 2 amide bonds. The van der Waals surface area contributed by atoms with Crippen molar-refractivity contribution in [3.63, 3.8) is 0 Å². The van der Waals surface area contributed by atoms with Crippen molar-refractivity contribution in [2.24, 2.45) is 4.99 Å². The van der Waals surface area contributed by atoms with Crippen LogP contribution in [0.2, 0.25) is 0 Å². The Kier molecular flexibility index (Phi) is 16.1. The minimum Gasteiger partial charge on any atom is -0.397 e. The van der Waals surface area contributed by atoms with Crippen LogP contribution < -0.4 is 42.2 Å². The van der Waals surface area contributed by atoms with Gasteiger partial charge in [0.2, 0.25) is 16.9 Å². The maximum atomic E-state index is 13.0. The molecule has 1 aliphatic heterocycles. The van der Waals surface area contributed by atoms with E-state index in [2.05, 4.69) is 93.1 Å². The van der Waals surface area contributed by atoms with Gasteiger partial charge in [-0.15, -0.1) is 4.57 Å². The van der Waals surface area contributed by atoms with Crippen LogP contribution in [0, 0.1) is 20.8 Å². The van der Waals surface area contributed by atoms with E-state index in [4.69, 9.17) is 31.4 Å². The third-order valence-corrected chi connectivity index (χ3v) is 14.7. The van der Waals surface area contributed by atoms with Crippen LogP contribution in [0.1, 0.15) is 96.0 Å². The fourth-order valence-corrected chi connectivity index (χ4v) is 10.3. The first kappa shape index (κ1) is 52.5. The van der Waals surface area contributed by atoms with Crippen LogP contribution in [0.3, 0.4) is 0 Å². The van der Waals surface area contributed by atoms with E-state index in [0.717, 1.165) is 149 Å². The lowest BCUT2D eigenvalue weighted by Crippen LogP contribution is -2.41. The van der Waals surface area contributed by atoms with E-state index in [1.54, 1.807) is 0 Å². The van der Waals surface area contributed by atoms with Gasteiger partial charge < -0.3 is 37.6 Å². The summed E-state index contributed by atoms with van der Waals surface area (Å²) in [6.07, 6.45) is 12.4. The molecule has 0 bridgehead atoms. The Morgan fingerprint density at radius 2 is 1.15 bits per heavy atom. The van der Waals surface area contributed by atoms with Gasteiger partial charge in [-0.3, -0.25) is 9.59 Å². The van der Waals surface area contributed by atoms with Gasteiger partial charge in [0.05, 0.1) is 40.2 Å². The second-order valence-corrected chi connectivity index (χ2v) is 20.4. The number of aliphatic imine (C=N–C) groups is 1. The van der Waals surface area contributed by atoms with Crippen molar-refractivity contribution >= 4 is 74.0 Å². The van der Waals surface area contributed by atoms with Crippen LogP contribution in [-0.4, -0.2) is 64.7 Å². The van der Waals surface area contributed by atoms with Gasteiger partial charge in [0, 0.05) is 78.6 Å². The van der Waals surface area contributed by atoms with Crippen molar-refractivity contribution in [3.8, 4) is 16.8 Å². The van der Waals surface area contributed by atoms with Gasteiger partial charge in [-0.25, -0.2) is 19.9 Å². The Hall–Kier alpha value is -8.91. The van der Waals surface area contributed by atoms with Crippen molar-refractivity contribution in [3.05, 3.63) is 185 Å². The van der Waals surface area contributed by atoms with E-state index in [1.165, 1.54) is 0 Å². The Balaban J connectivity index is 0.613. The highest BCUT2D eigenvalue weighted by molar-refractivity contribution is 6.10. The van der Waals surface area contributed by atoms with Gasteiger partial charge in [0.25, 0.3) is 17.3 Å². The number of hydrogen-bond donors (Lipinski definition) is 6. The molecule has 396 valence electrons. The van der Waals surface area contributed by atoms with E-state index >= 15 is 0 Å². The molecule has 78 heavy (non-hydrogen) atoms. The van der Waals surface area contributed by atoms with Gasteiger partial charge in [0.1, 0.15) is 5.52 Å². The van der Waals surface area contributed by atoms with Crippen molar-refractivity contribution in [2.45, 2.75) is 85.1 Å². The maximum absolute atomic E-state index is 13.0.